The number of H-pyrrole nitrogens is 2. The van der Waals surface area contributed by atoms with Gasteiger partial charge in [0.15, 0.2) is 6.29 Å². The van der Waals surface area contributed by atoms with Gasteiger partial charge in [0.2, 0.25) is 0 Å². The number of carbonyl (C=O) groups excluding carboxylic acids is 3. The predicted molar refractivity (Wildman–Crippen MR) is 184 cm³/mol. The van der Waals surface area contributed by atoms with Gasteiger partial charge in [0.05, 0.1) is 11.1 Å². The molecule has 10 heteroatoms. The fourth-order valence-electron chi connectivity index (χ4n) is 5.37. The summed E-state index contributed by atoms with van der Waals surface area (Å²) in [5.74, 6) is -0.632. The Balaban J connectivity index is 0.000000228. The van der Waals surface area contributed by atoms with Crippen LogP contribution in [0.4, 0.5) is 15.8 Å². The highest BCUT2D eigenvalue weighted by atomic mass is 19.1. The number of hydrogen-bond acceptors (Lipinski definition) is 5. The van der Waals surface area contributed by atoms with Crippen molar-refractivity contribution in [1.29, 1.82) is 0 Å². The van der Waals surface area contributed by atoms with Crippen molar-refractivity contribution in [3.8, 4) is 0 Å². The highest BCUT2D eigenvalue weighted by Gasteiger charge is 2.23. The lowest BCUT2D eigenvalue weighted by Crippen LogP contribution is -2.31. The topological polar surface area (TPSA) is 122 Å². The molecule has 0 bridgehead atoms. The van der Waals surface area contributed by atoms with Crippen LogP contribution >= 0.6 is 0 Å². The molecule has 5 rings (SSSR count). The van der Waals surface area contributed by atoms with E-state index in [4.69, 9.17) is 0 Å². The lowest BCUT2D eigenvalue weighted by molar-refractivity contribution is -0.110. The monoisotopic (exact) mass is 624 g/mol. The maximum Gasteiger partial charge on any atom is 0.256 e. The van der Waals surface area contributed by atoms with Gasteiger partial charge in [0, 0.05) is 71.0 Å². The number of nitrogens with zero attached hydrogens (tertiary/aromatic N) is 1. The van der Waals surface area contributed by atoms with Crippen LogP contribution in [-0.4, -0.2) is 67.2 Å². The van der Waals surface area contributed by atoms with E-state index in [-0.39, 0.29) is 11.8 Å². The average Bonchev–Trinajstić information content (AvgIpc) is 3.61. The summed E-state index contributed by atoms with van der Waals surface area (Å²) in [6, 6.07) is 14.0. The van der Waals surface area contributed by atoms with Crippen molar-refractivity contribution in [3.05, 3.63) is 105 Å². The molecule has 3 heterocycles. The van der Waals surface area contributed by atoms with E-state index in [1.54, 1.807) is 19.2 Å². The molecule has 240 valence electrons. The van der Waals surface area contributed by atoms with Crippen LogP contribution in [0.15, 0.2) is 48.5 Å². The van der Waals surface area contributed by atoms with Crippen LogP contribution in [0.5, 0.6) is 0 Å². The van der Waals surface area contributed by atoms with Crippen LogP contribution in [0, 0.1) is 33.5 Å². The third-order valence-electron chi connectivity index (χ3n) is 7.73. The number of carbonyl (C=O) groups is 3. The number of benzene rings is 2. The summed E-state index contributed by atoms with van der Waals surface area (Å²) in [5, 5.41) is 8.73. The lowest BCUT2D eigenvalue weighted by atomic mass is 10.0. The quantitative estimate of drug-likeness (QED) is 0.116. The van der Waals surface area contributed by atoms with Gasteiger partial charge in [-0.2, -0.15) is 0 Å². The van der Waals surface area contributed by atoms with Crippen molar-refractivity contribution in [3.63, 3.8) is 0 Å². The maximum atomic E-state index is 13.7. The first-order valence-corrected chi connectivity index (χ1v) is 15.0. The molecular weight excluding hydrogens is 583 g/mol. The number of aromatic amines is 2. The molecule has 0 saturated heterocycles. The highest BCUT2D eigenvalue weighted by Crippen LogP contribution is 2.33. The van der Waals surface area contributed by atoms with Crippen LogP contribution in [0.2, 0.25) is 0 Å². The van der Waals surface area contributed by atoms with E-state index in [0.29, 0.717) is 46.6 Å². The first kappa shape index (κ1) is 33.7. The number of aryl methyl sites for hydroxylation is 3. The molecule has 1 aliphatic rings. The number of amides is 2. The first-order chi connectivity index (χ1) is 21.9. The van der Waals surface area contributed by atoms with Gasteiger partial charge < -0.3 is 30.8 Å². The smallest absolute Gasteiger partial charge is 0.256 e. The van der Waals surface area contributed by atoms with Gasteiger partial charge >= 0.3 is 0 Å². The number of rotatable bonds is 9. The molecule has 5 N–H and O–H groups in total. The second kappa shape index (κ2) is 14.7. The zero-order chi connectivity index (χ0) is 33.5. The van der Waals surface area contributed by atoms with Crippen molar-refractivity contribution in [2.45, 2.75) is 27.7 Å². The second-order valence-electron chi connectivity index (χ2n) is 11.5. The predicted octanol–water partition coefficient (Wildman–Crippen LogP) is 5.97. The molecule has 2 aromatic carbocycles. The van der Waals surface area contributed by atoms with E-state index in [1.807, 2.05) is 77.0 Å². The number of hydrogen-bond donors (Lipinski definition) is 5. The number of fused-ring (bicyclic) bond motifs is 1. The minimum atomic E-state index is -0.429. The molecule has 0 aliphatic carbocycles. The minimum Gasteiger partial charge on any atom is -0.388 e. The number of anilines is 2. The number of halogens is 1. The van der Waals surface area contributed by atoms with Gasteiger partial charge in [-0.15, -0.1) is 0 Å². The highest BCUT2D eigenvalue weighted by molar-refractivity contribution is 6.34. The fraction of sp³-hybridized carbons (Fsp3) is 0.250. The van der Waals surface area contributed by atoms with E-state index in [2.05, 4.69) is 32.0 Å². The van der Waals surface area contributed by atoms with Crippen molar-refractivity contribution in [2.75, 3.05) is 44.9 Å². The number of likely N-dealkylation sites (N-methyl/N-ethyl adjacent to an activating group) is 1. The Kier molecular flexibility index (Phi) is 10.8. The van der Waals surface area contributed by atoms with Crippen LogP contribution in [0.25, 0.3) is 23.3 Å². The van der Waals surface area contributed by atoms with Gasteiger partial charge in [-0.05, 0) is 95.4 Å². The Morgan fingerprint density at radius 3 is 2.39 bits per heavy atom. The van der Waals surface area contributed by atoms with Crippen molar-refractivity contribution in [2.24, 2.45) is 0 Å². The number of aldehydes is 1. The summed E-state index contributed by atoms with van der Waals surface area (Å²) < 4.78 is 13.7. The SMILES string of the molecule is CNc1ccc(F)cc1/C(C=O)=C/c1[nH]c(C)c(C(=O)NCCN(C)C)c1C.Cc1cc(C)c(/C=C2\C(=O)Nc3ccccc32)[nH]1. The summed E-state index contributed by atoms with van der Waals surface area (Å²) >= 11 is 0. The first-order valence-electron chi connectivity index (χ1n) is 15.0. The van der Waals surface area contributed by atoms with Gasteiger partial charge in [0.25, 0.3) is 11.8 Å². The zero-order valence-electron chi connectivity index (χ0n) is 27.3. The van der Waals surface area contributed by atoms with Gasteiger partial charge in [-0.3, -0.25) is 14.4 Å². The lowest BCUT2D eigenvalue weighted by Gasteiger charge is -2.11. The summed E-state index contributed by atoms with van der Waals surface area (Å²) in [6.45, 7) is 8.96. The largest absolute Gasteiger partial charge is 0.388 e. The van der Waals surface area contributed by atoms with Gasteiger partial charge in [0.1, 0.15) is 5.82 Å². The van der Waals surface area contributed by atoms with E-state index >= 15 is 0 Å². The molecule has 1 aliphatic heterocycles. The standard InChI is InChI=1S/C21H27FN4O2.C15H14N2O/c1-13-19(25-14(2)20(13)21(28)24-8-9-26(4)5)10-15(12-27)17-11-16(22)6-7-18(17)23-3;1-9-7-10(2)16-14(9)8-12-11-5-3-4-6-13(11)17-15(12)18/h6-7,10-12,23,25H,8-9H2,1-5H3,(H,24,28);3-8,16H,1-2H3,(H,17,18)/b15-10+;12-8-. The Hall–Kier alpha value is -5.22. The van der Waals surface area contributed by atoms with Crippen LogP contribution in [0.3, 0.4) is 0 Å². The summed E-state index contributed by atoms with van der Waals surface area (Å²) in [4.78, 5) is 44.6. The summed E-state index contributed by atoms with van der Waals surface area (Å²) in [7, 11) is 5.59. The molecule has 0 saturated carbocycles. The number of aromatic nitrogens is 2. The molecule has 2 aromatic heterocycles. The third-order valence-corrected chi connectivity index (χ3v) is 7.73. The van der Waals surface area contributed by atoms with Crippen molar-refractivity contribution < 1.29 is 18.8 Å². The van der Waals surface area contributed by atoms with Crippen molar-refractivity contribution in [1.82, 2.24) is 20.2 Å². The second-order valence-corrected chi connectivity index (χ2v) is 11.5. The van der Waals surface area contributed by atoms with Crippen LogP contribution in [0.1, 0.15) is 55.4 Å². The van der Waals surface area contributed by atoms with Crippen molar-refractivity contribution >= 4 is 52.8 Å². The zero-order valence-corrected chi connectivity index (χ0v) is 27.3. The third kappa shape index (κ3) is 7.70. The summed E-state index contributed by atoms with van der Waals surface area (Å²) in [6.07, 6.45) is 4.24. The van der Waals surface area contributed by atoms with E-state index in [9.17, 15) is 18.8 Å². The molecule has 0 spiro atoms. The fourth-order valence-corrected chi connectivity index (χ4v) is 5.37. The molecule has 0 fully saturated rings. The average molecular weight is 625 g/mol. The maximum absolute atomic E-state index is 13.7. The Labute approximate surface area is 269 Å². The molecular formula is C36H41FN6O3. The van der Waals surface area contributed by atoms with Crippen LogP contribution < -0.4 is 16.0 Å². The minimum absolute atomic E-state index is 0.0390. The van der Waals surface area contributed by atoms with E-state index in [1.165, 1.54) is 12.1 Å². The Bertz CT molecular complexity index is 1830. The van der Waals surface area contributed by atoms with Crippen LogP contribution in [-0.2, 0) is 9.59 Å². The molecule has 0 atom stereocenters. The molecule has 0 radical (unpaired) electrons. The van der Waals surface area contributed by atoms with E-state index in [0.717, 1.165) is 45.9 Å². The molecule has 46 heavy (non-hydrogen) atoms. The molecule has 4 aromatic rings. The Morgan fingerprint density at radius 2 is 1.74 bits per heavy atom. The summed E-state index contributed by atoms with van der Waals surface area (Å²) in [5.41, 5.74) is 9.88. The van der Waals surface area contributed by atoms with Gasteiger partial charge in [-0.1, -0.05) is 18.2 Å². The van der Waals surface area contributed by atoms with E-state index < -0.39 is 5.82 Å². The number of allylic oxidation sites excluding steroid dienone is 1. The Morgan fingerprint density at radius 1 is 1.00 bits per heavy atom. The normalized spacial score (nSPS) is 13.3. The molecule has 9 nitrogen and oxygen atoms in total. The number of para-hydroxylation sites is 1. The number of nitrogens with one attached hydrogen (secondary N) is 5. The molecule has 2 amide bonds. The van der Waals surface area contributed by atoms with Gasteiger partial charge in [-0.25, -0.2) is 4.39 Å². The molecule has 0 unspecified atom stereocenters.